The van der Waals surface area contributed by atoms with Crippen LogP contribution in [0.3, 0.4) is 0 Å². The molecule has 0 fully saturated rings. The molecule has 2 N–H and O–H groups in total. The van der Waals surface area contributed by atoms with Crippen molar-refractivity contribution < 1.29 is 8.42 Å². The van der Waals surface area contributed by atoms with Gasteiger partial charge in [-0.05, 0) is 6.92 Å². The molecule has 1 aromatic rings. The van der Waals surface area contributed by atoms with Crippen molar-refractivity contribution in [2.24, 2.45) is 0 Å². The Morgan fingerprint density at radius 2 is 2.13 bits per heavy atom. The molecular weight excluding hydrogens is 238 g/mol. The summed E-state index contributed by atoms with van der Waals surface area (Å²) in [5.41, 5.74) is 6.26. The first-order valence-corrected chi connectivity index (χ1v) is 6.76. The Morgan fingerprint density at radius 1 is 1.53 bits per heavy atom. The monoisotopic (exact) mass is 251 g/mol. The molecule has 86 valence electrons. The molecule has 1 aromatic heterocycles. The van der Waals surface area contributed by atoms with Crippen molar-refractivity contribution in [1.29, 1.82) is 0 Å². The summed E-state index contributed by atoms with van der Waals surface area (Å²) in [5.74, 6) is 0.479. The Morgan fingerprint density at radius 3 is 2.53 bits per heavy atom. The third-order valence-electron chi connectivity index (χ3n) is 2.15. The molecule has 0 aromatic carbocycles. The van der Waals surface area contributed by atoms with E-state index in [1.54, 1.807) is 13.8 Å². The van der Waals surface area contributed by atoms with Crippen molar-refractivity contribution in [3.05, 3.63) is 10.7 Å². The van der Waals surface area contributed by atoms with E-state index in [0.29, 0.717) is 16.5 Å². The molecule has 1 heterocycles. The summed E-state index contributed by atoms with van der Waals surface area (Å²) in [6, 6.07) is 0. The number of rotatable bonds is 4. The van der Waals surface area contributed by atoms with Gasteiger partial charge >= 0.3 is 0 Å². The van der Waals surface area contributed by atoms with E-state index in [0.717, 1.165) is 0 Å². The molecule has 0 saturated heterocycles. The van der Waals surface area contributed by atoms with E-state index >= 15 is 0 Å². The maximum Gasteiger partial charge on any atom is 0.151 e. The van der Waals surface area contributed by atoms with E-state index in [-0.39, 0.29) is 18.1 Å². The molecule has 0 aliphatic rings. The van der Waals surface area contributed by atoms with E-state index in [2.05, 4.69) is 5.10 Å². The highest BCUT2D eigenvalue weighted by atomic mass is 35.5. The maximum absolute atomic E-state index is 11.3. The largest absolute Gasteiger partial charge is 0.383 e. The van der Waals surface area contributed by atoms with Crippen LogP contribution in [-0.4, -0.2) is 29.7 Å². The van der Waals surface area contributed by atoms with Crippen LogP contribution in [0.4, 0.5) is 5.82 Å². The molecule has 0 spiro atoms. The fourth-order valence-corrected chi connectivity index (χ4v) is 1.99. The summed E-state index contributed by atoms with van der Waals surface area (Å²) in [6.45, 7) is 3.58. The number of nitrogen functional groups attached to an aromatic ring is 1. The summed E-state index contributed by atoms with van der Waals surface area (Å²) >= 11 is 5.82. The maximum atomic E-state index is 11.3. The highest BCUT2D eigenvalue weighted by Gasteiger charge is 2.13. The van der Waals surface area contributed by atoms with E-state index in [4.69, 9.17) is 17.3 Å². The molecule has 0 saturated carbocycles. The fourth-order valence-electron chi connectivity index (χ4n) is 1.12. The third kappa shape index (κ3) is 2.85. The van der Waals surface area contributed by atoms with Gasteiger partial charge in [-0.15, -0.1) is 0 Å². The van der Waals surface area contributed by atoms with Gasteiger partial charge in [0, 0.05) is 5.75 Å². The van der Waals surface area contributed by atoms with E-state index in [1.807, 2.05) is 0 Å². The fraction of sp³-hybridized carbons (Fsp3) is 0.625. The number of hydrogen-bond acceptors (Lipinski definition) is 4. The van der Waals surface area contributed by atoms with Crippen molar-refractivity contribution in [2.75, 3.05) is 17.2 Å². The molecular formula is C8H14ClN3O2S. The number of sulfone groups is 1. The van der Waals surface area contributed by atoms with Crippen molar-refractivity contribution in [2.45, 2.75) is 20.4 Å². The van der Waals surface area contributed by atoms with Gasteiger partial charge in [-0.1, -0.05) is 18.5 Å². The first-order chi connectivity index (χ1) is 6.87. The van der Waals surface area contributed by atoms with E-state index in [1.165, 1.54) is 4.68 Å². The van der Waals surface area contributed by atoms with Crippen molar-refractivity contribution >= 4 is 27.3 Å². The number of nitrogens with two attached hydrogens (primary N) is 1. The van der Waals surface area contributed by atoms with Crippen molar-refractivity contribution in [1.82, 2.24) is 9.78 Å². The number of hydrogen-bond donors (Lipinski definition) is 1. The van der Waals surface area contributed by atoms with Crippen LogP contribution in [0.1, 0.15) is 12.6 Å². The summed E-state index contributed by atoms with van der Waals surface area (Å²) in [7, 11) is -3.00. The van der Waals surface area contributed by atoms with Gasteiger partial charge in [0.1, 0.15) is 10.8 Å². The molecule has 0 unspecified atom stereocenters. The molecule has 0 aliphatic heterocycles. The Hall–Kier alpha value is -0.750. The number of aromatic nitrogens is 2. The second-order valence-electron chi connectivity index (χ2n) is 3.24. The molecule has 0 aliphatic carbocycles. The van der Waals surface area contributed by atoms with Gasteiger partial charge < -0.3 is 5.73 Å². The molecule has 1 rings (SSSR count). The summed E-state index contributed by atoms with van der Waals surface area (Å²) in [5, 5.41) is 4.43. The lowest BCUT2D eigenvalue weighted by atomic mass is 10.5. The summed E-state index contributed by atoms with van der Waals surface area (Å²) in [6.07, 6.45) is 0. The molecule has 0 radical (unpaired) electrons. The third-order valence-corrected chi connectivity index (χ3v) is 4.30. The smallest absolute Gasteiger partial charge is 0.151 e. The Bertz CT molecular complexity index is 453. The number of anilines is 1. The van der Waals surface area contributed by atoms with Gasteiger partial charge in [0.15, 0.2) is 9.84 Å². The van der Waals surface area contributed by atoms with Gasteiger partial charge in [-0.2, -0.15) is 5.10 Å². The first-order valence-electron chi connectivity index (χ1n) is 4.56. The second kappa shape index (κ2) is 4.40. The molecule has 5 nitrogen and oxygen atoms in total. The molecule has 0 bridgehead atoms. The van der Waals surface area contributed by atoms with Crippen LogP contribution in [0, 0.1) is 6.92 Å². The average molecular weight is 252 g/mol. The van der Waals surface area contributed by atoms with E-state index in [9.17, 15) is 8.42 Å². The van der Waals surface area contributed by atoms with Crippen LogP contribution in [0.2, 0.25) is 5.02 Å². The highest BCUT2D eigenvalue weighted by molar-refractivity contribution is 7.91. The van der Waals surface area contributed by atoms with Gasteiger partial charge in [-0.3, -0.25) is 0 Å². The zero-order valence-electron chi connectivity index (χ0n) is 8.70. The Balaban J connectivity index is 2.79. The van der Waals surface area contributed by atoms with Crippen molar-refractivity contribution in [3.63, 3.8) is 0 Å². The van der Waals surface area contributed by atoms with Crippen LogP contribution >= 0.6 is 11.6 Å². The number of nitrogens with zero attached hydrogens (tertiary/aromatic N) is 2. The van der Waals surface area contributed by atoms with Crippen LogP contribution in [0.5, 0.6) is 0 Å². The van der Waals surface area contributed by atoms with E-state index < -0.39 is 9.84 Å². The van der Waals surface area contributed by atoms with Crippen LogP contribution in [-0.2, 0) is 16.4 Å². The first kappa shape index (κ1) is 12.3. The normalized spacial score (nSPS) is 11.9. The topological polar surface area (TPSA) is 78.0 Å². The molecule has 0 atom stereocenters. The second-order valence-corrected chi connectivity index (χ2v) is 6.09. The Kier molecular flexibility index (Phi) is 3.62. The summed E-state index contributed by atoms with van der Waals surface area (Å²) in [4.78, 5) is 0. The zero-order chi connectivity index (χ0) is 11.6. The minimum atomic E-state index is -3.00. The van der Waals surface area contributed by atoms with Crippen LogP contribution in [0.15, 0.2) is 0 Å². The minimum absolute atomic E-state index is 0.0329. The zero-order valence-corrected chi connectivity index (χ0v) is 10.3. The minimum Gasteiger partial charge on any atom is -0.383 e. The van der Waals surface area contributed by atoms with Crippen molar-refractivity contribution in [3.8, 4) is 0 Å². The molecule has 15 heavy (non-hydrogen) atoms. The molecule has 7 heteroatoms. The van der Waals surface area contributed by atoms with Gasteiger partial charge in [-0.25, -0.2) is 13.1 Å². The van der Waals surface area contributed by atoms with Gasteiger partial charge in [0.05, 0.1) is 18.0 Å². The van der Waals surface area contributed by atoms with Crippen LogP contribution < -0.4 is 5.73 Å². The quantitative estimate of drug-likeness (QED) is 0.861. The highest BCUT2D eigenvalue weighted by Crippen LogP contribution is 2.21. The molecule has 0 amide bonds. The predicted octanol–water partition coefficient (Wildman–Crippen LogP) is 0.862. The SMILES string of the molecule is CCS(=O)(=O)CCn1nc(C)c(Cl)c1N. The van der Waals surface area contributed by atoms with Gasteiger partial charge in [0.2, 0.25) is 0 Å². The predicted molar refractivity (Wildman–Crippen MR) is 60.7 cm³/mol. The van der Waals surface area contributed by atoms with Crippen LogP contribution in [0.25, 0.3) is 0 Å². The lowest BCUT2D eigenvalue weighted by molar-refractivity contribution is 0.582. The lowest BCUT2D eigenvalue weighted by Crippen LogP contribution is -2.16. The Labute approximate surface area is 94.1 Å². The lowest BCUT2D eigenvalue weighted by Gasteiger charge is -2.03. The summed E-state index contributed by atoms with van der Waals surface area (Å²) < 4.78 is 23.9. The van der Waals surface area contributed by atoms with Gasteiger partial charge in [0.25, 0.3) is 0 Å². The number of halogens is 1. The average Bonchev–Trinajstić information content (AvgIpc) is 2.43. The number of aryl methyl sites for hydroxylation is 2. The standard InChI is InChI=1S/C8H14ClN3O2S/c1-3-15(13,14)5-4-12-8(10)7(9)6(2)11-12/h3-5,10H2,1-2H3.